The summed E-state index contributed by atoms with van der Waals surface area (Å²) in [6.07, 6.45) is -1.56. The van der Waals surface area contributed by atoms with E-state index in [9.17, 15) is 34.2 Å². The van der Waals surface area contributed by atoms with Gasteiger partial charge in [0.2, 0.25) is 5.91 Å². The van der Waals surface area contributed by atoms with Crippen molar-refractivity contribution in [2.45, 2.75) is 26.0 Å². The van der Waals surface area contributed by atoms with Crippen molar-refractivity contribution >= 4 is 45.5 Å². The van der Waals surface area contributed by atoms with E-state index in [-0.39, 0.29) is 17.8 Å². The predicted octanol–water partition coefficient (Wildman–Crippen LogP) is 3.03. The third kappa shape index (κ3) is 5.81. The molecule has 0 bridgehead atoms. The van der Waals surface area contributed by atoms with Gasteiger partial charge in [0.15, 0.2) is 17.0 Å². The van der Waals surface area contributed by atoms with Crippen LogP contribution in [0.15, 0.2) is 82.0 Å². The van der Waals surface area contributed by atoms with Crippen molar-refractivity contribution in [1.29, 1.82) is 0 Å². The van der Waals surface area contributed by atoms with Crippen LogP contribution in [0.5, 0.6) is 5.75 Å². The van der Waals surface area contributed by atoms with E-state index in [4.69, 9.17) is 14.9 Å². The summed E-state index contributed by atoms with van der Waals surface area (Å²) in [5, 5.41) is 28.3. The zero-order chi connectivity index (χ0) is 30.7. The summed E-state index contributed by atoms with van der Waals surface area (Å²) in [4.78, 5) is 61.9. The van der Waals surface area contributed by atoms with Crippen LogP contribution in [0.1, 0.15) is 39.3 Å². The molecule has 0 unspecified atom stereocenters. The number of carboxylic acid groups (broad SMARTS) is 2. The Balaban J connectivity index is 1.34. The molecule has 0 atom stereocenters. The fourth-order valence-electron chi connectivity index (χ4n) is 4.60. The molecule has 0 saturated carbocycles. The third-order valence-electron chi connectivity index (χ3n) is 7.04. The largest absolute Gasteiger partial charge is 0.489 e. The summed E-state index contributed by atoms with van der Waals surface area (Å²) in [6.45, 7) is -0.285. The molecule has 13 heteroatoms. The van der Waals surface area contributed by atoms with Crippen LogP contribution in [0.4, 0.5) is 0 Å². The van der Waals surface area contributed by atoms with Gasteiger partial charge >= 0.3 is 11.9 Å². The molecule has 3 aromatic carbocycles. The van der Waals surface area contributed by atoms with Gasteiger partial charge in [0.25, 0.3) is 5.56 Å². The number of benzene rings is 3. The Bertz CT molecular complexity index is 1950. The smallest absolute Gasteiger partial charge is 0.321 e. The molecule has 2 aromatic heterocycles. The zero-order valence-electron chi connectivity index (χ0n) is 22.4. The lowest BCUT2D eigenvalue weighted by molar-refractivity contribution is -0.165. The average Bonchev–Trinajstić information content (AvgIpc) is 3.43. The van der Waals surface area contributed by atoms with Crippen molar-refractivity contribution in [3.05, 3.63) is 100 Å². The second-order valence-corrected chi connectivity index (χ2v) is 9.84. The number of nitrogens with zero attached hydrogens (tertiary/aromatic N) is 3. The highest BCUT2D eigenvalue weighted by Crippen LogP contribution is 2.32. The molecule has 0 spiro atoms. The van der Waals surface area contributed by atoms with E-state index < -0.39 is 54.0 Å². The Hall–Kier alpha value is -5.85. The van der Waals surface area contributed by atoms with Gasteiger partial charge in [-0.05, 0) is 60.5 Å². The second kappa shape index (κ2) is 11.6. The number of hydrogen-bond donors (Lipinski definition) is 3. The number of hydrogen-bond acceptors (Lipinski definition) is 9. The van der Waals surface area contributed by atoms with Crippen LogP contribution >= 0.6 is 0 Å². The lowest BCUT2D eigenvalue weighted by Gasteiger charge is -2.23. The lowest BCUT2D eigenvalue weighted by atomic mass is 9.79. The SMILES string of the molecule is NC(=O)c1cccc(COc2ccc3oc(C(=O)CC(CCn4nnc5ccccc5c4=O)(C(=O)O)C(=O)O)cc3c2)c1. The monoisotopic (exact) mass is 584 g/mol. The van der Waals surface area contributed by atoms with Crippen LogP contribution in [-0.2, 0) is 22.7 Å². The molecule has 43 heavy (non-hydrogen) atoms. The van der Waals surface area contributed by atoms with E-state index in [1.54, 1.807) is 60.7 Å². The number of ketones is 1. The predicted molar refractivity (Wildman–Crippen MR) is 151 cm³/mol. The van der Waals surface area contributed by atoms with Crippen molar-refractivity contribution in [3.8, 4) is 5.75 Å². The molecule has 5 aromatic rings. The molecular formula is C30H24N4O9. The van der Waals surface area contributed by atoms with Crippen LogP contribution in [0.2, 0.25) is 0 Å². The van der Waals surface area contributed by atoms with Gasteiger partial charge in [0, 0.05) is 23.9 Å². The first-order valence-electron chi connectivity index (χ1n) is 12.9. The van der Waals surface area contributed by atoms with Gasteiger partial charge in [-0.2, -0.15) is 0 Å². The Morgan fingerprint density at radius 2 is 1.72 bits per heavy atom. The maximum Gasteiger partial charge on any atom is 0.321 e. The molecular weight excluding hydrogens is 560 g/mol. The molecule has 0 aliphatic heterocycles. The van der Waals surface area contributed by atoms with Crippen LogP contribution in [0, 0.1) is 5.41 Å². The van der Waals surface area contributed by atoms with Gasteiger partial charge in [-0.15, -0.1) is 5.10 Å². The number of aryl methyl sites for hydroxylation is 1. The van der Waals surface area contributed by atoms with Gasteiger partial charge in [-0.1, -0.05) is 29.5 Å². The number of amides is 1. The van der Waals surface area contributed by atoms with E-state index in [1.165, 1.54) is 12.1 Å². The van der Waals surface area contributed by atoms with Crippen molar-refractivity contribution in [2.75, 3.05) is 0 Å². The Labute approximate surface area is 242 Å². The number of Topliss-reactive ketones (excluding diaryl/α,β-unsaturated/α-hetero) is 1. The first-order chi connectivity index (χ1) is 20.6. The number of carbonyl (C=O) groups is 4. The minimum Gasteiger partial charge on any atom is -0.489 e. The fraction of sp³-hybridized carbons (Fsp3) is 0.167. The summed E-state index contributed by atoms with van der Waals surface area (Å²) in [7, 11) is 0. The van der Waals surface area contributed by atoms with E-state index in [1.807, 2.05) is 0 Å². The number of carboxylic acids is 2. The molecule has 0 fully saturated rings. The van der Waals surface area contributed by atoms with Gasteiger partial charge in [-0.25, -0.2) is 4.68 Å². The molecule has 0 radical (unpaired) electrons. The van der Waals surface area contributed by atoms with Gasteiger partial charge in [0.05, 0.1) is 5.39 Å². The standard InChI is InChI=1S/C30H24N4O9/c31-26(36)18-5-3-4-17(12-18)16-42-20-8-9-24-19(13-20)14-25(43-24)23(35)15-30(28(38)39,29(40)41)10-11-34-27(37)21-6-1-2-7-22(21)32-33-34/h1-9,12-14H,10-11,15-16H2,(H2,31,36)(H,38,39)(H,40,41). The van der Waals surface area contributed by atoms with Gasteiger partial charge in [-0.3, -0.25) is 24.0 Å². The quantitative estimate of drug-likeness (QED) is 0.143. The molecule has 13 nitrogen and oxygen atoms in total. The summed E-state index contributed by atoms with van der Waals surface area (Å²) < 4.78 is 12.3. The molecule has 2 heterocycles. The normalized spacial score (nSPS) is 11.4. The van der Waals surface area contributed by atoms with E-state index in [2.05, 4.69) is 10.3 Å². The van der Waals surface area contributed by atoms with Crippen molar-refractivity contribution in [3.63, 3.8) is 0 Å². The molecule has 0 saturated heterocycles. The molecule has 0 aliphatic carbocycles. The third-order valence-corrected chi connectivity index (χ3v) is 7.04. The molecule has 1 amide bonds. The van der Waals surface area contributed by atoms with Crippen molar-refractivity contribution in [2.24, 2.45) is 11.1 Å². The molecule has 4 N–H and O–H groups in total. The summed E-state index contributed by atoms with van der Waals surface area (Å²) >= 11 is 0. The second-order valence-electron chi connectivity index (χ2n) is 9.84. The first-order valence-corrected chi connectivity index (χ1v) is 12.9. The highest BCUT2D eigenvalue weighted by atomic mass is 16.5. The number of rotatable bonds is 12. The topological polar surface area (TPSA) is 205 Å². The fourth-order valence-corrected chi connectivity index (χ4v) is 4.60. The minimum atomic E-state index is -2.57. The maximum atomic E-state index is 13.2. The van der Waals surface area contributed by atoms with E-state index in [0.29, 0.717) is 33.4 Å². The van der Waals surface area contributed by atoms with Crippen LogP contribution in [0.3, 0.4) is 0 Å². The molecule has 0 aliphatic rings. The van der Waals surface area contributed by atoms with Crippen molar-refractivity contribution < 1.29 is 38.5 Å². The number of primary amides is 1. The van der Waals surface area contributed by atoms with E-state index in [0.717, 1.165) is 4.68 Å². The number of nitrogens with two attached hydrogens (primary N) is 1. The molecule has 218 valence electrons. The molecule has 5 rings (SSSR count). The van der Waals surface area contributed by atoms with Crippen LogP contribution in [-0.4, -0.2) is 48.8 Å². The Morgan fingerprint density at radius 1 is 0.953 bits per heavy atom. The number of fused-ring (bicyclic) bond motifs is 2. The summed E-state index contributed by atoms with van der Waals surface area (Å²) in [6, 6.07) is 19.1. The number of ether oxygens (including phenoxy) is 1. The highest BCUT2D eigenvalue weighted by Gasteiger charge is 2.48. The van der Waals surface area contributed by atoms with Crippen molar-refractivity contribution in [1.82, 2.24) is 15.0 Å². The average molecular weight is 585 g/mol. The zero-order valence-corrected chi connectivity index (χ0v) is 22.4. The van der Waals surface area contributed by atoms with Crippen LogP contribution in [0.25, 0.3) is 21.9 Å². The number of aliphatic carboxylic acids is 2. The van der Waals surface area contributed by atoms with Gasteiger partial charge < -0.3 is 25.1 Å². The van der Waals surface area contributed by atoms with E-state index >= 15 is 0 Å². The maximum absolute atomic E-state index is 13.2. The summed E-state index contributed by atoms with van der Waals surface area (Å²) in [5.74, 6) is -4.74. The summed E-state index contributed by atoms with van der Waals surface area (Å²) in [5.41, 5.74) is 3.84. The minimum absolute atomic E-state index is 0.126. The number of aromatic nitrogens is 3. The lowest BCUT2D eigenvalue weighted by Crippen LogP contribution is -2.43. The number of carbonyl (C=O) groups excluding carboxylic acids is 2. The Morgan fingerprint density at radius 3 is 2.47 bits per heavy atom. The number of furan rings is 1. The first kappa shape index (κ1) is 28.7. The highest BCUT2D eigenvalue weighted by molar-refractivity contribution is 6.06. The Kier molecular flexibility index (Phi) is 7.71. The van der Waals surface area contributed by atoms with Crippen LogP contribution < -0.4 is 16.0 Å². The van der Waals surface area contributed by atoms with Gasteiger partial charge in [0.1, 0.15) is 23.5 Å².